The Labute approximate surface area is 137 Å². The van der Waals surface area contributed by atoms with Gasteiger partial charge in [0.2, 0.25) is 0 Å². The average molecular weight is 327 g/mol. The summed E-state index contributed by atoms with van der Waals surface area (Å²) in [6.45, 7) is 2.24. The van der Waals surface area contributed by atoms with Crippen molar-refractivity contribution in [2.45, 2.75) is 58.3 Å². The number of ether oxygens (including phenoxy) is 1. The minimum absolute atomic E-state index is 0.0311. The standard InChI is InChI=1S/C18H24ClFO2/c1-2-3-13-4-6-14(7-5-13)8-11-18(21)22-15-9-10-16(19)17(20)12-15/h9-10,12-14H,2-8,11H2,1H3/t13-,14-. The van der Waals surface area contributed by atoms with Crippen LogP contribution in [0.15, 0.2) is 18.2 Å². The van der Waals surface area contributed by atoms with Gasteiger partial charge in [-0.25, -0.2) is 4.39 Å². The van der Waals surface area contributed by atoms with Crippen LogP contribution in [0, 0.1) is 17.7 Å². The highest BCUT2D eigenvalue weighted by atomic mass is 35.5. The number of carbonyl (C=O) groups is 1. The van der Waals surface area contributed by atoms with E-state index in [1.165, 1.54) is 50.7 Å². The molecule has 1 aromatic rings. The van der Waals surface area contributed by atoms with Crippen molar-refractivity contribution < 1.29 is 13.9 Å². The van der Waals surface area contributed by atoms with Gasteiger partial charge in [0, 0.05) is 12.5 Å². The van der Waals surface area contributed by atoms with Gasteiger partial charge in [0.15, 0.2) is 0 Å². The lowest BCUT2D eigenvalue weighted by Gasteiger charge is -2.28. The molecule has 4 heteroatoms. The molecule has 0 atom stereocenters. The van der Waals surface area contributed by atoms with Gasteiger partial charge in [-0.15, -0.1) is 0 Å². The maximum absolute atomic E-state index is 13.3. The third-order valence-electron chi connectivity index (χ3n) is 4.54. The quantitative estimate of drug-likeness (QED) is 0.490. The molecule has 22 heavy (non-hydrogen) atoms. The predicted octanol–water partition coefficient (Wildman–Crippen LogP) is 5.77. The maximum Gasteiger partial charge on any atom is 0.311 e. The Morgan fingerprint density at radius 3 is 2.45 bits per heavy atom. The summed E-state index contributed by atoms with van der Waals surface area (Å²) in [6, 6.07) is 4.06. The lowest BCUT2D eigenvalue weighted by atomic mass is 9.78. The molecular formula is C18H24ClFO2. The van der Waals surface area contributed by atoms with Crippen molar-refractivity contribution in [3.05, 3.63) is 29.0 Å². The second-order valence-corrected chi connectivity index (χ2v) is 6.67. The molecule has 2 rings (SSSR count). The molecular weight excluding hydrogens is 303 g/mol. The SMILES string of the molecule is CCC[C@H]1CC[C@H](CCC(=O)Oc2ccc(Cl)c(F)c2)CC1. The van der Waals surface area contributed by atoms with E-state index in [1.807, 2.05) is 0 Å². The summed E-state index contributed by atoms with van der Waals surface area (Å²) in [5.41, 5.74) is 0. The molecule has 0 radical (unpaired) electrons. The van der Waals surface area contributed by atoms with Gasteiger partial charge >= 0.3 is 5.97 Å². The number of hydrogen-bond donors (Lipinski definition) is 0. The van der Waals surface area contributed by atoms with E-state index in [4.69, 9.17) is 16.3 Å². The van der Waals surface area contributed by atoms with Crippen LogP contribution in [0.5, 0.6) is 5.75 Å². The van der Waals surface area contributed by atoms with Gasteiger partial charge < -0.3 is 4.74 Å². The van der Waals surface area contributed by atoms with Gasteiger partial charge in [-0.3, -0.25) is 4.79 Å². The molecule has 122 valence electrons. The third kappa shape index (κ3) is 5.28. The Balaban J connectivity index is 1.71. The highest BCUT2D eigenvalue weighted by molar-refractivity contribution is 6.30. The molecule has 0 spiro atoms. The Hall–Kier alpha value is -1.09. The van der Waals surface area contributed by atoms with Crippen molar-refractivity contribution >= 4 is 17.6 Å². The zero-order chi connectivity index (χ0) is 15.9. The Kier molecular flexibility index (Phi) is 6.69. The molecule has 0 heterocycles. The van der Waals surface area contributed by atoms with Gasteiger partial charge in [0.05, 0.1) is 5.02 Å². The van der Waals surface area contributed by atoms with Crippen LogP contribution in [0.25, 0.3) is 0 Å². The maximum atomic E-state index is 13.3. The van der Waals surface area contributed by atoms with E-state index < -0.39 is 5.82 Å². The van der Waals surface area contributed by atoms with Crippen molar-refractivity contribution in [1.29, 1.82) is 0 Å². The first-order valence-electron chi connectivity index (χ1n) is 8.24. The van der Waals surface area contributed by atoms with Crippen LogP contribution in [-0.4, -0.2) is 5.97 Å². The first kappa shape index (κ1) is 17.3. The van der Waals surface area contributed by atoms with Crippen LogP contribution in [0.2, 0.25) is 5.02 Å². The molecule has 0 aliphatic heterocycles. The lowest BCUT2D eigenvalue weighted by molar-refractivity contribution is -0.134. The lowest BCUT2D eigenvalue weighted by Crippen LogP contribution is -2.17. The van der Waals surface area contributed by atoms with Gasteiger partial charge in [-0.2, -0.15) is 0 Å². The topological polar surface area (TPSA) is 26.3 Å². The van der Waals surface area contributed by atoms with Crippen LogP contribution in [0.4, 0.5) is 4.39 Å². The van der Waals surface area contributed by atoms with Crippen LogP contribution >= 0.6 is 11.6 Å². The zero-order valence-corrected chi connectivity index (χ0v) is 13.9. The van der Waals surface area contributed by atoms with E-state index in [9.17, 15) is 9.18 Å². The fourth-order valence-electron chi connectivity index (χ4n) is 3.26. The van der Waals surface area contributed by atoms with E-state index in [0.29, 0.717) is 12.3 Å². The second kappa shape index (κ2) is 8.52. The summed E-state index contributed by atoms with van der Waals surface area (Å²) < 4.78 is 18.4. The molecule has 0 unspecified atom stereocenters. The monoisotopic (exact) mass is 326 g/mol. The Morgan fingerprint density at radius 2 is 1.86 bits per heavy atom. The van der Waals surface area contributed by atoms with Crippen LogP contribution in [0.3, 0.4) is 0 Å². The van der Waals surface area contributed by atoms with E-state index in [0.717, 1.165) is 18.4 Å². The molecule has 1 aliphatic carbocycles. The molecule has 1 fully saturated rings. The van der Waals surface area contributed by atoms with Crippen molar-refractivity contribution in [2.24, 2.45) is 11.8 Å². The zero-order valence-electron chi connectivity index (χ0n) is 13.1. The van der Waals surface area contributed by atoms with Gasteiger partial charge in [-0.1, -0.05) is 57.0 Å². The highest BCUT2D eigenvalue weighted by Crippen LogP contribution is 2.33. The number of esters is 1. The summed E-state index contributed by atoms with van der Waals surface area (Å²) in [5.74, 6) is 0.866. The van der Waals surface area contributed by atoms with E-state index in [1.54, 1.807) is 0 Å². The predicted molar refractivity (Wildman–Crippen MR) is 86.6 cm³/mol. The molecule has 1 aliphatic rings. The molecule has 0 amide bonds. The first-order valence-corrected chi connectivity index (χ1v) is 8.62. The average Bonchev–Trinajstić information content (AvgIpc) is 2.51. The summed E-state index contributed by atoms with van der Waals surface area (Å²) in [5, 5.41) is 0.0311. The number of carbonyl (C=O) groups excluding carboxylic acids is 1. The first-order chi connectivity index (χ1) is 10.6. The highest BCUT2D eigenvalue weighted by Gasteiger charge is 2.21. The largest absolute Gasteiger partial charge is 0.426 e. The molecule has 0 saturated heterocycles. The van der Waals surface area contributed by atoms with Crippen molar-refractivity contribution in [1.82, 2.24) is 0 Å². The van der Waals surface area contributed by atoms with E-state index in [-0.39, 0.29) is 16.7 Å². The number of rotatable bonds is 6. The van der Waals surface area contributed by atoms with Gasteiger partial charge in [-0.05, 0) is 30.4 Å². The third-order valence-corrected chi connectivity index (χ3v) is 4.85. The molecule has 2 nitrogen and oxygen atoms in total. The summed E-state index contributed by atoms with van der Waals surface area (Å²) >= 11 is 5.60. The second-order valence-electron chi connectivity index (χ2n) is 6.26. The number of benzene rings is 1. The van der Waals surface area contributed by atoms with Crippen LogP contribution in [0.1, 0.15) is 58.3 Å². The van der Waals surface area contributed by atoms with E-state index in [2.05, 4.69) is 6.92 Å². The molecule has 1 aromatic carbocycles. The Morgan fingerprint density at radius 1 is 1.23 bits per heavy atom. The smallest absolute Gasteiger partial charge is 0.311 e. The minimum Gasteiger partial charge on any atom is -0.426 e. The van der Waals surface area contributed by atoms with Crippen molar-refractivity contribution in [3.8, 4) is 5.75 Å². The molecule has 0 bridgehead atoms. The molecule has 0 N–H and O–H groups in total. The summed E-state index contributed by atoms with van der Waals surface area (Å²) in [7, 11) is 0. The van der Waals surface area contributed by atoms with Crippen LogP contribution in [-0.2, 0) is 4.79 Å². The van der Waals surface area contributed by atoms with Crippen molar-refractivity contribution in [3.63, 3.8) is 0 Å². The molecule has 0 aromatic heterocycles. The summed E-state index contributed by atoms with van der Waals surface area (Å²) in [4.78, 5) is 11.8. The fourth-order valence-corrected chi connectivity index (χ4v) is 3.38. The summed E-state index contributed by atoms with van der Waals surface area (Å²) in [6.07, 6.45) is 8.87. The van der Waals surface area contributed by atoms with Crippen molar-refractivity contribution in [2.75, 3.05) is 0 Å². The van der Waals surface area contributed by atoms with Gasteiger partial charge in [0.25, 0.3) is 0 Å². The van der Waals surface area contributed by atoms with E-state index >= 15 is 0 Å². The van der Waals surface area contributed by atoms with Gasteiger partial charge in [0.1, 0.15) is 11.6 Å². The Bertz CT molecular complexity index is 496. The number of hydrogen-bond acceptors (Lipinski definition) is 2. The normalized spacial score (nSPS) is 21.6. The fraction of sp³-hybridized carbons (Fsp3) is 0.611. The minimum atomic E-state index is -0.568. The van der Waals surface area contributed by atoms with Crippen LogP contribution < -0.4 is 4.74 Å². The number of halogens is 2. The molecule has 1 saturated carbocycles.